The highest BCUT2D eigenvalue weighted by atomic mass is 16.7. The summed E-state index contributed by atoms with van der Waals surface area (Å²) < 4.78 is 0. The first kappa shape index (κ1) is 13.9. The second-order valence-electron chi connectivity index (χ2n) is 4.74. The molecule has 0 saturated heterocycles. The van der Waals surface area contributed by atoms with Crippen LogP contribution in [0.4, 0.5) is 4.79 Å². The number of carbonyl (C=O) groups excluding carboxylic acids is 1. The van der Waals surface area contributed by atoms with Crippen molar-refractivity contribution in [2.45, 2.75) is 33.2 Å². The lowest BCUT2D eigenvalue weighted by Crippen LogP contribution is -2.43. The first-order chi connectivity index (χ1) is 9.19. The molecule has 1 heterocycles. The smallest absolute Gasteiger partial charge is 0.323 e. The van der Waals surface area contributed by atoms with Gasteiger partial charge in [0.15, 0.2) is 0 Å². The van der Waals surface area contributed by atoms with Crippen LogP contribution in [-0.2, 0) is 11.3 Å². The van der Waals surface area contributed by atoms with E-state index in [4.69, 9.17) is 4.84 Å². The summed E-state index contributed by atoms with van der Waals surface area (Å²) in [7, 11) is 0. The van der Waals surface area contributed by atoms with Crippen molar-refractivity contribution in [1.82, 2.24) is 9.96 Å². The van der Waals surface area contributed by atoms with Gasteiger partial charge in [-0.15, -0.1) is 0 Å². The van der Waals surface area contributed by atoms with Crippen molar-refractivity contribution in [2.75, 3.05) is 19.7 Å². The van der Waals surface area contributed by atoms with E-state index >= 15 is 0 Å². The summed E-state index contributed by atoms with van der Waals surface area (Å²) in [5.41, 5.74) is 2.45. The third-order valence-electron chi connectivity index (χ3n) is 3.68. The molecule has 0 N–H and O–H groups in total. The molecule has 0 fully saturated rings. The molecule has 0 bridgehead atoms. The monoisotopic (exact) mass is 262 g/mol. The normalized spacial score (nSPS) is 18.7. The molecule has 2 amide bonds. The van der Waals surface area contributed by atoms with Crippen LogP contribution < -0.4 is 0 Å². The lowest BCUT2D eigenvalue weighted by Gasteiger charge is -2.31. The van der Waals surface area contributed by atoms with Crippen LogP contribution in [0.3, 0.4) is 0 Å². The summed E-state index contributed by atoms with van der Waals surface area (Å²) in [5, 5.41) is 1.53. The van der Waals surface area contributed by atoms with E-state index in [-0.39, 0.29) is 12.1 Å². The van der Waals surface area contributed by atoms with Crippen molar-refractivity contribution in [2.24, 2.45) is 0 Å². The summed E-state index contributed by atoms with van der Waals surface area (Å²) in [5.74, 6) is 0. The molecule has 0 saturated carbocycles. The molecule has 0 aliphatic carbocycles. The summed E-state index contributed by atoms with van der Waals surface area (Å²) in [6.45, 7) is 7.93. The van der Waals surface area contributed by atoms with Crippen molar-refractivity contribution in [3.8, 4) is 0 Å². The molecular weight excluding hydrogens is 240 g/mol. The molecule has 19 heavy (non-hydrogen) atoms. The molecule has 1 unspecified atom stereocenters. The SMILES string of the molecule is CCN(CC)C(=O)N1OCCc2ccccc2C1C. The molecule has 0 spiro atoms. The average Bonchev–Trinajstić information content (AvgIpc) is 2.60. The molecule has 1 aliphatic rings. The molecule has 1 aromatic rings. The maximum atomic E-state index is 12.5. The molecule has 0 aromatic heterocycles. The minimum absolute atomic E-state index is 0.0470. The van der Waals surface area contributed by atoms with E-state index in [9.17, 15) is 4.79 Å². The number of urea groups is 1. The zero-order valence-electron chi connectivity index (χ0n) is 11.9. The Hall–Kier alpha value is -1.55. The van der Waals surface area contributed by atoms with Gasteiger partial charge in [-0.3, -0.25) is 4.84 Å². The van der Waals surface area contributed by atoms with Crippen LogP contribution >= 0.6 is 0 Å². The highest BCUT2D eigenvalue weighted by Crippen LogP contribution is 2.28. The van der Waals surface area contributed by atoms with Gasteiger partial charge in [0, 0.05) is 13.1 Å². The number of carbonyl (C=O) groups is 1. The fraction of sp³-hybridized carbons (Fsp3) is 0.533. The zero-order valence-corrected chi connectivity index (χ0v) is 11.9. The molecular formula is C15H22N2O2. The molecule has 1 atom stereocenters. The average molecular weight is 262 g/mol. The third-order valence-corrected chi connectivity index (χ3v) is 3.68. The molecule has 1 aromatic carbocycles. The Kier molecular flexibility index (Phi) is 4.43. The van der Waals surface area contributed by atoms with E-state index in [1.807, 2.05) is 32.9 Å². The Morgan fingerprint density at radius 3 is 2.74 bits per heavy atom. The molecule has 2 rings (SSSR count). The van der Waals surface area contributed by atoms with Gasteiger partial charge in [-0.25, -0.2) is 4.79 Å². The number of rotatable bonds is 2. The predicted molar refractivity (Wildman–Crippen MR) is 74.7 cm³/mol. The molecule has 1 aliphatic heterocycles. The summed E-state index contributed by atoms with van der Waals surface area (Å²) in [6.07, 6.45) is 0.850. The summed E-state index contributed by atoms with van der Waals surface area (Å²) in [4.78, 5) is 19.9. The van der Waals surface area contributed by atoms with Gasteiger partial charge in [0.25, 0.3) is 0 Å². The largest absolute Gasteiger partial charge is 0.344 e. The Bertz CT molecular complexity index is 444. The van der Waals surface area contributed by atoms with E-state index in [2.05, 4.69) is 12.1 Å². The first-order valence-electron chi connectivity index (χ1n) is 6.97. The van der Waals surface area contributed by atoms with Gasteiger partial charge in [-0.05, 0) is 38.3 Å². The second-order valence-corrected chi connectivity index (χ2v) is 4.74. The van der Waals surface area contributed by atoms with Crippen LogP contribution in [0.25, 0.3) is 0 Å². The predicted octanol–water partition coefficient (Wildman–Crippen LogP) is 3.00. The van der Waals surface area contributed by atoms with Crippen molar-refractivity contribution >= 4 is 6.03 Å². The van der Waals surface area contributed by atoms with Crippen LogP contribution in [0.15, 0.2) is 24.3 Å². The van der Waals surface area contributed by atoms with Crippen LogP contribution in [0.5, 0.6) is 0 Å². The number of benzene rings is 1. The van der Waals surface area contributed by atoms with Crippen LogP contribution in [0, 0.1) is 0 Å². The lowest BCUT2D eigenvalue weighted by atomic mass is 10.00. The van der Waals surface area contributed by atoms with Gasteiger partial charge in [0.2, 0.25) is 0 Å². The first-order valence-corrected chi connectivity index (χ1v) is 6.97. The summed E-state index contributed by atoms with van der Waals surface area (Å²) in [6, 6.07) is 8.15. The van der Waals surface area contributed by atoms with E-state index in [1.54, 1.807) is 4.90 Å². The Balaban J connectivity index is 2.26. The van der Waals surface area contributed by atoms with E-state index in [1.165, 1.54) is 16.2 Å². The zero-order chi connectivity index (χ0) is 13.8. The molecule has 0 radical (unpaired) electrons. The van der Waals surface area contributed by atoms with E-state index < -0.39 is 0 Å². The minimum atomic E-state index is -0.0493. The van der Waals surface area contributed by atoms with Gasteiger partial charge >= 0.3 is 6.03 Å². The Morgan fingerprint density at radius 1 is 1.37 bits per heavy atom. The maximum absolute atomic E-state index is 12.5. The topological polar surface area (TPSA) is 32.8 Å². The van der Waals surface area contributed by atoms with Crippen LogP contribution in [-0.4, -0.2) is 35.7 Å². The number of hydrogen-bond acceptors (Lipinski definition) is 2. The second kappa shape index (κ2) is 6.06. The summed E-state index contributed by atoms with van der Waals surface area (Å²) >= 11 is 0. The quantitative estimate of drug-likeness (QED) is 0.820. The van der Waals surface area contributed by atoms with E-state index in [0.717, 1.165) is 6.42 Å². The number of nitrogens with zero attached hydrogens (tertiary/aromatic N) is 2. The van der Waals surface area contributed by atoms with Gasteiger partial charge in [-0.2, -0.15) is 5.06 Å². The van der Waals surface area contributed by atoms with Gasteiger partial charge < -0.3 is 4.90 Å². The highest BCUT2D eigenvalue weighted by Gasteiger charge is 2.29. The third kappa shape index (κ3) is 2.73. The molecule has 4 heteroatoms. The fourth-order valence-corrected chi connectivity index (χ4v) is 2.52. The number of fused-ring (bicyclic) bond motifs is 1. The van der Waals surface area contributed by atoms with E-state index in [0.29, 0.717) is 19.7 Å². The highest BCUT2D eigenvalue weighted by molar-refractivity contribution is 5.74. The number of hydrogen-bond donors (Lipinski definition) is 0. The van der Waals surface area contributed by atoms with Gasteiger partial charge in [0.05, 0.1) is 12.6 Å². The van der Waals surface area contributed by atoms with Gasteiger partial charge in [0.1, 0.15) is 0 Å². The fourth-order valence-electron chi connectivity index (χ4n) is 2.52. The Labute approximate surface area is 114 Å². The number of amides is 2. The maximum Gasteiger partial charge on any atom is 0.344 e. The van der Waals surface area contributed by atoms with Crippen molar-refractivity contribution in [3.05, 3.63) is 35.4 Å². The Morgan fingerprint density at radius 2 is 2.05 bits per heavy atom. The van der Waals surface area contributed by atoms with Crippen molar-refractivity contribution < 1.29 is 9.63 Å². The van der Waals surface area contributed by atoms with Crippen molar-refractivity contribution in [3.63, 3.8) is 0 Å². The number of hydroxylamine groups is 2. The van der Waals surface area contributed by atoms with Crippen molar-refractivity contribution in [1.29, 1.82) is 0 Å². The van der Waals surface area contributed by atoms with Gasteiger partial charge in [-0.1, -0.05) is 24.3 Å². The molecule has 4 nitrogen and oxygen atoms in total. The lowest BCUT2D eigenvalue weighted by molar-refractivity contribution is -0.144. The van der Waals surface area contributed by atoms with Crippen LogP contribution in [0.2, 0.25) is 0 Å². The van der Waals surface area contributed by atoms with Crippen LogP contribution in [0.1, 0.15) is 37.9 Å². The molecule has 104 valence electrons. The minimum Gasteiger partial charge on any atom is -0.323 e. The standard InChI is InChI=1S/C15H22N2O2/c1-4-16(5-2)15(18)17-12(3)14-9-7-6-8-13(14)10-11-19-17/h6-9,12H,4-5,10-11H2,1-3H3.